The zero-order valence-electron chi connectivity index (χ0n) is 11.4. The number of aromatic nitrogens is 1. The monoisotopic (exact) mass is 278 g/mol. The van der Waals surface area contributed by atoms with Crippen LogP contribution in [0.1, 0.15) is 18.4 Å². The number of hydrogen-bond acceptors (Lipinski definition) is 4. The summed E-state index contributed by atoms with van der Waals surface area (Å²) >= 11 is 0. The summed E-state index contributed by atoms with van der Waals surface area (Å²) in [5.41, 5.74) is 1.11. The van der Waals surface area contributed by atoms with Crippen molar-refractivity contribution in [2.45, 2.75) is 31.5 Å². The molecule has 0 bridgehead atoms. The summed E-state index contributed by atoms with van der Waals surface area (Å²) in [5.74, 6) is -1.15. The van der Waals surface area contributed by atoms with Gasteiger partial charge in [-0.3, -0.25) is 9.78 Å². The van der Waals surface area contributed by atoms with Crippen LogP contribution in [-0.2, 0) is 20.7 Å². The molecule has 1 aromatic rings. The summed E-state index contributed by atoms with van der Waals surface area (Å²) < 4.78 is 5.26. The van der Waals surface area contributed by atoms with Gasteiger partial charge in [-0.15, -0.1) is 0 Å². The lowest BCUT2D eigenvalue weighted by Crippen LogP contribution is -2.38. The van der Waals surface area contributed by atoms with Gasteiger partial charge in [-0.05, 0) is 37.0 Å². The minimum absolute atomic E-state index is 0.150. The highest BCUT2D eigenvalue weighted by Crippen LogP contribution is 2.21. The summed E-state index contributed by atoms with van der Waals surface area (Å²) in [6.45, 7) is 0.570. The Kier molecular flexibility index (Phi) is 4.68. The number of aliphatic carboxylic acids is 1. The van der Waals surface area contributed by atoms with Gasteiger partial charge >= 0.3 is 5.97 Å². The van der Waals surface area contributed by atoms with E-state index in [9.17, 15) is 9.59 Å². The summed E-state index contributed by atoms with van der Waals surface area (Å²) in [7, 11) is 1.71. The van der Waals surface area contributed by atoms with Crippen LogP contribution in [-0.4, -0.2) is 52.7 Å². The molecule has 2 rings (SSSR count). The number of carbonyl (C=O) groups is 2. The average molecular weight is 278 g/mol. The summed E-state index contributed by atoms with van der Waals surface area (Å²) in [6.07, 6.45) is 3.55. The van der Waals surface area contributed by atoms with E-state index in [1.165, 1.54) is 0 Å². The molecule has 0 aromatic carbocycles. The van der Waals surface area contributed by atoms with Crippen molar-refractivity contribution in [2.24, 2.45) is 0 Å². The Bertz CT molecular complexity index is 477. The van der Waals surface area contributed by atoms with E-state index in [4.69, 9.17) is 9.84 Å². The second kappa shape index (κ2) is 6.47. The van der Waals surface area contributed by atoms with E-state index in [0.717, 1.165) is 12.0 Å². The van der Waals surface area contributed by atoms with Crippen LogP contribution in [0.3, 0.4) is 0 Å². The quantitative estimate of drug-likeness (QED) is 0.858. The molecule has 6 heteroatoms. The molecule has 1 saturated heterocycles. The molecule has 108 valence electrons. The van der Waals surface area contributed by atoms with Gasteiger partial charge in [0.2, 0.25) is 0 Å². The first kappa shape index (κ1) is 14.5. The molecule has 1 aromatic heterocycles. The molecule has 2 atom stereocenters. The third-order valence-corrected chi connectivity index (χ3v) is 3.43. The number of hydrogen-bond donors (Lipinski definition) is 1. The van der Waals surface area contributed by atoms with Crippen molar-refractivity contribution in [3.05, 3.63) is 30.1 Å². The number of pyridine rings is 1. The fourth-order valence-corrected chi connectivity index (χ4v) is 2.20. The number of likely N-dealkylation sites (N-methyl/N-ethyl adjacent to an activating group) is 1. The van der Waals surface area contributed by atoms with Crippen molar-refractivity contribution in [1.82, 2.24) is 9.88 Å². The van der Waals surface area contributed by atoms with Crippen LogP contribution >= 0.6 is 0 Å². The molecule has 0 saturated carbocycles. The zero-order valence-corrected chi connectivity index (χ0v) is 11.4. The number of carboxylic acids is 1. The topological polar surface area (TPSA) is 79.7 Å². The van der Waals surface area contributed by atoms with Crippen LogP contribution in [0.2, 0.25) is 0 Å². The van der Waals surface area contributed by atoms with Crippen LogP contribution in [0, 0.1) is 0 Å². The minimum Gasteiger partial charge on any atom is -0.479 e. The SMILES string of the molecule is CN(CCc1ccncc1)C(=O)C1CCC(C(=O)O)O1. The Morgan fingerprint density at radius 3 is 2.60 bits per heavy atom. The van der Waals surface area contributed by atoms with E-state index >= 15 is 0 Å². The Balaban J connectivity index is 1.82. The van der Waals surface area contributed by atoms with Crippen LogP contribution in [0.15, 0.2) is 24.5 Å². The molecule has 0 spiro atoms. The van der Waals surface area contributed by atoms with Crippen molar-refractivity contribution in [2.75, 3.05) is 13.6 Å². The highest BCUT2D eigenvalue weighted by atomic mass is 16.5. The lowest BCUT2D eigenvalue weighted by molar-refractivity contribution is -0.154. The van der Waals surface area contributed by atoms with Gasteiger partial charge in [-0.25, -0.2) is 4.79 Å². The maximum absolute atomic E-state index is 12.1. The largest absolute Gasteiger partial charge is 0.479 e. The van der Waals surface area contributed by atoms with E-state index in [-0.39, 0.29) is 5.91 Å². The van der Waals surface area contributed by atoms with Crippen LogP contribution < -0.4 is 0 Å². The van der Waals surface area contributed by atoms with E-state index in [0.29, 0.717) is 19.4 Å². The van der Waals surface area contributed by atoms with Gasteiger partial charge in [0.15, 0.2) is 6.10 Å². The molecule has 1 fully saturated rings. The van der Waals surface area contributed by atoms with Gasteiger partial charge in [-0.2, -0.15) is 0 Å². The third-order valence-electron chi connectivity index (χ3n) is 3.43. The third kappa shape index (κ3) is 3.54. The zero-order chi connectivity index (χ0) is 14.5. The number of rotatable bonds is 5. The molecular formula is C14H18N2O4. The molecule has 1 N–H and O–H groups in total. The molecule has 0 aliphatic carbocycles. The van der Waals surface area contributed by atoms with Gasteiger partial charge in [0.25, 0.3) is 5.91 Å². The molecule has 2 unspecified atom stereocenters. The Morgan fingerprint density at radius 1 is 1.35 bits per heavy atom. The van der Waals surface area contributed by atoms with Crippen molar-refractivity contribution >= 4 is 11.9 Å². The lowest BCUT2D eigenvalue weighted by atomic mass is 10.1. The highest BCUT2D eigenvalue weighted by molar-refractivity contribution is 5.82. The molecule has 1 aliphatic heterocycles. The van der Waals surface area contributed by atoms with Crippen molar-refractivity contribution in [1.29, 1.82) is 0 Å². The number of ether oxygens (including phenoxy) is 1. The van der Waals surface area contributed by atoms with E-state index in [2.05, 4.69) is 4.98 Å². The molecular weight excluding hydrogens is 260 g/mol. The van der Waals surface area contributed by atoms with Gasteiger partial charge in [0.1, 0.15) is 6.10 Å². The highest BCUT2D eigenvalue weighted by Gasteiger charge is 2.35. The molecule has 2 heterocycles. The summed E-state index contributed by atoms with van der Waals surface area (Å²) in [4.78, 5) is 28.5. The van der Waals surface area contributed by atoms with Gasteiger partial charge in [0.05, 0.1) is 0 Å². The molecule has 20 heavy (non-hydrogen) atoms. The maximum atomic E-state index is 12.1. The van der Waals surface area contributed by atoms with Gasteiger partial charge in [0, 0.05) is 26.0 Å². The second-order valence-electron chi connectivity index (χ2n) is 4.89. The fourth-order valence-electron chi connectivity index (χ4n) is 2.20. The van der Waals surface area contributed by atoms with E-state index in [1.807, 2.05) is 12.1 Å². The lowest BCUT2D eigenvalue weighted by Gasteiger charge is -2.21. The van der Waals surface area contributed by atoms with Crippen LogP contribution in [0.4, 0.5) is 0 Å². The second-order valence-corrected chi connectivity index (χ2v) is 4.89. The number of nitrogens with zero attached hydrogens (tertiary/aromatic N) is 2. The van der Waals surface area contributed by atoms with Crippen molar-refractivity contribution in [3.8, 4) is 0 Å². The van der Waals surface area contributed by atoms with Crippen molar-refractivity contribution < 1.29 is 19.4 Å². The Labute approximate surface area is 117 Å². The number of amides is 1. The van der Waals surface area contributed by atoms with Gasteiger partial charge < -0.3 is 14.7 Å². The average Bonchev–Trinajstić information content (AvgIpc) is 2.95. The van der Waals surface area contributed by atoms with Crippen molar-refractivity contribution in [3.63, 3.8) is 0 Å². The normalized spacial score (nSPS) is 21.6. The smallest absolute Gasteiger partial charge is 0.332 e. The maximum Gasteiger partial charge on any atom is 0.332 e. The Hall–Kier alpha value is -1.95. The van der Waals surface area contributed by atoms with Gasteiger partial charge in [-0.1, -0.05) is 0 Å². The van der Waals surface area contributed by atoms with Crippen LogP contribution in [0.5, 0.6) is 0 Å². The predicted octanol–water partition coefficient (Wildman–Crippen LogP) is 0.715. The van der Waals surface area contributed by atoms with E-state index in [1.54, 1.807) is 24.3 Å². The standard InChI is InChI=1S/C14H18N2O4/c1-16(9-6-10-4-7-15-8-5-10)13(17)11-2-3-12(20-11)14(18)19/h4-5,7-8,11-12H,2-3,6,9H2,1H3,(H,18,19). The first-order valence-electron chi connectivity index (χ1n) is 6.60. The minimum atomic E-state index is -1.00. The molecule has 6 nitrogen and oxygen atoms in total. The predicted molar refractivity (Wildman–Crippen MR) is 71.1 cm³/mol. The number of carboxylic acid groups (broad SMARTS) is 1. The molecule has 0 radical (unpaired) electrons. The molecule has 1 aliphatic rings. The number of carbonyl (C=O) groups excluding carboxylic acids is 1. The molecule has 1 amide bonds. The van der Waals surface area contributed by atoms with E-state index < -0.39 is 18.2 Å². The first-order valence-corrected chi connectivity index (χ1v) is 6.60. The summed E-state index contributed by atoms with van der Waals surface area (Å²) in [5, 5.41) is 8.85. The summed E-state index contributed by atoms with van der Waals surface area (Å²) in [6, 6.07) is 3.82. The fraction of sp³-hybridized carbons (Fsp3) is 0.500. The Morgan fingerprint density at radius 2 is 2.00 bits per heavy atom. The first-order chi connectivity index (χ1) is 9.58. The van der Waals surface area contributed by atoms with Crippen LogP contribution in [0.25, 0.3) is 0 Å².